The van der Waals surface area contributed by atoms with Crippen LogP contribution in [0.3, 0.4) is 0 Å². The second-order valence-electron chi connectivity index (χ2n) is 4.15. The number of halogens is 2. The van der Waals surface area contributed by atoms with Gasteiger partial charge in [-0.25, -0.2) is 4.39 Å². The molecule has 4 N–H and O–H groups in total. The number of nitrogens with two attached hydrogens (primary N) is 1. The van der Waals surface area contributed by atoms with Gasteiger partial charge in [-0.2, -0.15) is 0 Å². The second kappa shape index (κ2) is 6.51. The van der Waals surface area contributed by atoms with Gasteiger partial charge in [0.05, 0.1) is 10.7 Å². The first-order valence-corrected chi connectivity index (χ1v) is 6.67. The van der Waals surface area contributed by atoms with E-state index in [1.807, 2.05) is 0 Å². The Morgan fingerprint density at radius 1 is 1.19 bits per heavy atom. The smallest absolute Gasteiger partial charge is 0.248 e. The van der Waals surface area contributed by atoms with Gasteiger partial charge in [-0.05, 0) is 48.6 Å². The molecular formula is C14H11ClFN3OS. The Balaban J connectivity index is 2.08. The van der Waals surface area contributed by atoms with Crippen LogP contribution in [0.5, 0.6) is 0 Å². The molecule has 0 aromatic heterocycles. The highest BCUT2D eigenvalue weighted by Gasteiger charge is 2.06. The minimum atomic E-state index is -0.529. The molecule has 0 saturated heterocycles. The minimum Gasteiger partial charge on any atom is -0.366 e. The fraction of sp³-hybridized carbons (Fsp3) is 0. The van der Waals surface area contributed by atoms with E-state index in [4.69, 9.17) is 29.6 Å². The Bertz CT molecular complexity index is 708. The van der Waals surface area contributed by atoms with Crippen molar-refractivity contribution in [2.24, 2.45) is 5.73 Å². The molecule has 0 fully saturated rings. The third-order valence-corrected chi connectivity index (χ3v) is 3.10. The molecule has 4 nitrogen and oxygen atoms in total. The predicted octanol–water partition coefficient (Wildman–Crippen LogP) is 3.39. The highest BCUT2D eigenvalue weighted by molar-refractivity contribution is 7.80. The largest absolute Gasteiger partial charge is 0.366 e. The lowest BCUT2D eigenvalue weighted by atomic mass is 10.2. The lowest BCUT2D eigenvalue weighted by Gasteiger charge is -2.12. The Morgan fingerprint density at radius 3 is 2.62 bits per heavy atom. The highest BCUT2D eigenvalue weighted by atomic mass is 35.5. The van der Waals surface area contributed by atoms with Gasteiger partial charge in [0.25, 0.3) is 0 Å². The van der Waals surface area contributed by atoms with Crippen LogP contribution < -0.4 is 16.4 Å². The minimum absolute atomic E-state index is 0.213. The number of benzene rings is 2. The van der Waals surface area contributed by atoms with Gasteiger partial charge in [0.2, 0.25) is 5.91 Å². The van der Waals surface area contributed by atoms with Crippen LogP contribution >= 0.6 is 23.8 Å². The van der Waals surface area contributed by atoms with E-state index in [1.165, 1.54) is 18.2 Å². The summed E-state index contributed by atoms with van der Waals surface area (Å²) in [6, 6.07) is 10.5. The molecule has 7 heteroatoms. The molecule has 0 radical (unpaired) electrons. The van der Waals surface area contributed by atoms with Crippen LogP contribution in [-0.2, 0) is 0 Å². The molecule has 0 aliphatic carbocycles. The third kappa shape index (κ3) is 4.14. The Morgan fingerprint density at radius 2 is 1.95 bits per heavy atom. The van der Waals surface area contributed by atoms with Crippen molar-refractivity contribution in [3.63, 3.8) is 0 Å². The average Bonchev–Trinajstić information content (AvgIpc) is 2.42. The van der Waals surface area contributed by atoms with Crippen LogP contribution in [0.25, 0.3) is 0 Å². The van der Waals surface area contributed by atoms with Crippen molar-refractivity contribution in [3.8, 4) is 0 Å². The van der Waals surface area contributed by atoms with E-state index in [-0.39, 0.29) is 10.1 Å². The van der Waals surface area contributed by atoms with Gasteiger partial charge in [0.1, 0.15) is 5.82 Å². The topological polar surface area (TPSA) is 67.2 Å². The molecule has 2 aromatic rings. The summed E-state index contributed by atoms with van der Waals surface area (Å²) < 4.78 is 12.9. The molecule has 0 aliphatic heterocycles. The van der Waals surface area contributed by atoms with Crippen LogP contribution in [-0.4, -0.2) is 11.0 Å². The Kier molecular flexibility index (Phi) is 4.72. The van der Waals surface area contributed by atoms with Crippen LogP contribution in [0, 0.1) is 5.82 Å². The van der Waals surface area contributed by atoms with Crippen LogP contribution in [0.1, 0.15) is 10.4 Å². The van der Waals surface area contributed by atoms with Crippen LogP contribution in [0.15, 0.2) is 42.5 Å². The fourth-order valence-electron chi connectivity index (χ4n) is 1.63. The quantitative estimate of drug-likeness (QED) is 0.757. The van der Waals surface area contributed by atoms with Gasteiger partial charge >= 0.3 is 0 Å². The van der Waals surface area contributed by atoms with Gasteiger partial charge in [-0.1, -0.05) is 17.7 Å². The van der Waals surface area contributed by atoms with Crippen molar-refractivity contribution in [3.05, 3.63) is 58.9 Å². The molecule has 0 atom stereocenters. The first-order valence-electron chi connectivity index (χ1n) is 5.88. The summed E-state index contributed by atoms with van der Waals surface area (Å²) in [4.78, 5) is 11.1. The summed E-state index contributed by atoms with van der Waals surface area (Å²) in [5, 5.41) is 6.20. The second-order valence-corrected chi connectivity index (χ2v) is 4.96. The molecule has 21 heavy (non-hydrogen) atoms. The highest BCUT2D eigenvalue weighted by Crippen LogP contribution is 2.22. The van der Waals surface area contributed by atoms with Gasteiger partial charge in [0.15, 0.2) is 5.11 Å². The van der Waals surface area contributed by atoms with E-state index in [0.29, 0.717) is 16.9 Å². The van der Waals surface area contributed by atoms with Crippen molar-refractivity contribution in [2.75, 3.05) is 10.6 Å². The lowest BCUT2D eigenvalue weighted by Crippen LogP contribution is -2.20. The Labute approximate surface area is 131 Å². The van der Waals surface area contributed by atoms with E-state index in [9.17, 15) is 9.18 Å². The molecule has 2 rings (SSSR count). The molecule has 0 spiro atoms. The van der Waals surface area contributed by atoms with Crippen molar-refractivity contribution in [2.45, 2.75) is 0 Å². The summed E-state index contributed by atoms with van der Waals surface area (Å²) in [5.74, 6) is -0.960. The molecule has 0 aliphatic rings. The van der Waals surface area contributed by atoms with E-state index in [0.717, 1.165) is 0 Å². The Hall–Kier alpha value is -2.18. The maximum atomic E-state index is 12.9. The molecular weight excluding hydrogens is 313 g/mol. The van der Waals surface area contributed by atoms with Gasteiger partial charge in [-0.15, -0.1) is 0 Å². The SMILES string of the molecule is NC(=O)c1cccc(NC(=S)Nc2ccc(F)cc2Cl)c1. The van der Waals surface area contributed by atoms with Crippen molar-refractivity contribution >= 4 is 46.2 Å². The number of hydrogen-bond acceptors (Lipinski definition) is 2. The van der Waals surface area contributed by atoms with Gasteiger partial charge in [-0.3, -0.25) is 4.79 Å². The van der Waals surface area contributed by atoms with E-state index >= 15 is 0 Å². The molecule has 0 bridgehead atoms. The maximum absolute atomic E-state index is 12.9. The van der Waals surface area contributed by atoms with Crippen molar-refractivity contribution in [1.82, 2.24) is 0 Å². The zero-order chi connectivity index (χ0) is 15.4. The summed E-state index contributed by atoms with van der Waals surface area (Å²) in [6.07, 6.45) is 0. The number of primary amides is 1. The number of anilines is 2. The first kappa shape index (κ1) is 15.2. The van der Waals surface area contributed by atoms with Crippen molar-refractivity contribution < 1.29 is 9.18 Å². The van der Waals surface area contributed by atoms with Gasteiger partial charge < -0.3 is 16.4 Å². The van der Waals surface area contributed by atoms with Crippen LogP contribution in [0.4, 0.5) is 15.8 Å². The number of rotatable bonds is 3. The fourth-order valence-corrected chi connectivity index (χ4v) is 2.07. The number of amides is 1. The summed E-state index contributed by atoms with van der Waals surface area (Å²) in [5.41, 5.74) is 6.64. The van der Waals surface area contributed by atoms with Crippen LogP contribution in [0.2, 0.25) is 5.02 Å². The number of thiocarbonyl (C=S) groups is 1. The standard InChI is InChI=1S/C14H11ClFN3OS/c15-11-7-9(16)4-5-12(11)19-14(21)18-10-3-1-2-8(6-10)13(17)20/h1-7H,(H2,17,20)(H2,18,19,21). The summed E-state index contributed by atoms with van der Waals surface area (Å²) >= 11 is 11.0. The molecule has 0 heterocycles. The third-order valence-electron chi connectivity index (χ3n) is 2.58. The zero-order valence-electron chi connectivity index (χ0n) is 10.7. The first-order chi connectivity index (χ1) is 9.95. The molecule has 0 saturated carbocycles. The van der Waals surface area contributed by atoms with E-state index in [2.05, 4.69) is 10.6 Å². The predicted molar refractivity (Wildman–Crippen MR) is 86.2 cm³/mol. The summed E-state index contributed by atoms with van der Waals surface area (Å²) in [7, 11) is 0. The normalized spacial score (nSPS) is 10.0. The average molecular weight is 324 g/mol. The molecule has 1 amide bonds. The van der Waals surface area contributed by atoms with E-state index in [1.54, 1.807) is 24.3 Å². The number of carbonyl (C=O) groups is 1. The summed E-state index contributed by atoms with van der Waals surface area (Å²) in [6.45, 7) is 0. The maximum Gasteiger partial charge on any atom is 0.248 e. The van der Waals surface area contributed by atoms with E-state index < -0.39 is 11.7 Å². The van der Waals surface area contributed by atoms with Crippen molar-refractivity contribution in [1.29, 1.82) is 0 Å². The lowest BCUT2D eigenvalue weighted by molar-refractivity contribution is 0.100. The zero-order valence-corrected chi connectivity index (χ0v) is 12.3. The van der Waals surface area contributed by atoms with Gasteiger partial charge in [0, 0.05) is 11.3 Å². The molecule has 0 unspecified atom stereocenters. The monoisotopic (exact) mass is 323 g/mol. The number of nitrogens with one attached hydrogen (secondary N) is 2. The number of hydrogen-bond donors (Lipinski definition) is 3. The number of carbonyl (C=O) groups excluding carboxylic acids is 1. The molecule has 108 valence electrons. The molecule has 2 aromatic carbocycles.